The molecule has 96 valence electrons. The number of carbonyl (C=O) groups excluding carboxylic acids is 1. The van der Waals surface area contributed by atoms with Gasteiger partial charge in [0.1, 0.15) is 5.92 Å². The van der Waals surface area contributed by atoms with E-state index >= 15 is 0 Å². The lowest BCUT2D eigenvalue weighted by atomic mass is 9.95. The predicted octanol–water partition coefficient (Wildman–Crippen LogP) is 4.96. The highest BCUT2D eigenvalue weighted by atomic mass is 79.9. The molecule has 0 spiro atoms. The normalized spacial score (nSPS) is 11.9. The Balaban J connectivity index is 2.38. The second kappa shape index (κ2) is 5.87. The fourth-order valence-corrected chi connectivity index (χ4v) is 3.40. The van der Waals surface area contributed by atoms with E-state index in [0.717, 1.165) is 9.35 Å². The van der Waals surface area contributed by atoms with Crippen LogP contribution in [0, 0.1) is 18.3 Å². The number of hydrogen-bond acceptors (Lipinski definition) is 3. The quantitative estimate of drug-likeness (QED) is 0.731. The van der Waals surface area contributed by atoms with Gasteiger partial charge in [0, 0.05) is 5.02 Å². The lowest BCUT2D eigenvalue weighted by molar-refractivity contribution is 0.0983. The van der Waals surface area contributed by atoms with Crippen LogP contribution in [-0.2, 0) is 0 Å². The molecule has 2 rings (SSSR count). The number of nitriles is 1. The lowest BCUT2D eigenvalue weighted by Crippen LogP contribution is -2.09. The number of benzene rings is 1. The number of rotatable bonds is 3. The van der Waals surface area contributed by atoms with Crippen molar-refractivity contribution >= 4 is 44.7 Å². The Hall–Kier alpha value is -1.15. The molecule has 2 nitrogen and oxygen atoms in total. The van der Waals surface area contributed by atoms with Gasteiger partial charge in [-0.05, 0) is 52.2 Å². The Labute approximate surface area is 128 Å². The van der Waals surface area contributed by atoms with Gasteiger partial charge < -0.3 is 0 Å². The van der Waals surface area contributed by atoms with Crippen LogP contribution in [0.1, 0.15) is 26.7 Å². The van der Waals surface area contributed by atoms with E-state index < -0.39 is 5.92 Å². The standard InChI is InChI=1S/C14H9BrClNOS/c1-8-5-12(19-14(8)15)13(18)11(7-17)9-3-2-4-10(16)6-9/h2-6,11H,1H3. The largest absolute Gasteiger partial charge is 0.291 e. The van der Waals surface area contributed by atoms with E-state index in [1.54, 1.807) is 30.3 Å². The summed E-state index contributed by atoms with van der Waals surface area (Å²) < 4.78 is 0.915. The van der Waals surface area contributed by atoms with Gasteiger partial charge in [0.05, 0.1) is 14.7 Å². The van der Waals surface area contributed by atoms with Crippen molar-refractivity contribution < 1.29 is 4.79 Å². The summed E-state index contributed by atoms with van der Waals surface area (Å²) in [4.78, 5) is 13.0. The molecule has 2 aromatic rings. The third kappa shape index (κ3) is 3.06. The lowest BCUT2D eigenvalue weighted by Gasteiger charge is -2.07. The fraction of sp³-hybridized carbons (Fsp3) is 0.143. The van der Waals surface area contributed by atoms with Crippen LogP contribution in [0.2, 0.25) is 5.02 Å². The highest BCUT2D eigenvalue weighted by Crippen LogP contribution is 2.31. The second-order valence-corrected chi connectivity index (χ2v) is 6.86. The molecule has 1 atom stereocenters. The molecule has 1 unspecified atom stereocenters. The van der Waals surface area contributed by atoms with Gasteiger partial charge in [-0.2, -0.15) is 5.26 Å². The summed E-state index contributed by atoms with van der Waals surface area (Å²) in [7, 11) is 0. The highest BCUT2D eigenvalue weighted by Gasteiger charge is 2.24. The summed E-state index contributed by atoms with van der Waals surface area (Å²) in [5.74, 6) is -1.01. The molecule has 0 aliphatic carbocycles. The van der Waals surface area contributed by atoms with Gasteiger partial charge in [0.15, 0.2) is 5.78 Å². The molecule has 0 bridgehead atoms. The van der Waals surface area contributed by atoms with Crippen LogP contribution in [0.3, 0.4) is 0 Å². The van der Waals surface area contributed by atoms with E-state index in [1.807, 2.05) is 6.92 Å². The zero-order chi connectivity index (χ0) is 14.0. The molecule has 0 fully saturated rings. The monoisotopic (exact) mass is 353 g/mol. The smallest absolute Gasteiger partial charge is 0.194 e. The van der Waals surface area contributed by atoms with Gasteiger partial charge in [0.25, 0.3) is 0 Å². The molecule has 0 aliphatic heterocycles. The minimum atomic E-state index is -0.816. The molecule has 0 aliphatic rings. The van der Waals surface area contributed by atoms with Gasteiger partial charge in [-0.25, -0.2) is 0 Å². The summed E-state index contributed by atoms with van der Waals surface area (Å²) in [5.41, 5.74) is 1.62. The van der Waals surface area contributed by atoms with Crippen LogP contribution >= 0.6 is 38.9 Å². The summed E-state index contributed by atoms with van der Waals surface area (Å²) in [6.45, 7) is 1.91. The van der Waals surface area contributed by atoms with Crippen LogP contribution in [0.25, 0.3) is 0 Å². The highest BCUT2D eigenvalue weighted by molar-refractivity contribution is 9.11. The first kappa shape index (κ1) is 14.3. The van der Waals surface area contributed by atoms with Gasteiger partial charge >= 0.3 is 0 Å². The fourth-order valence-electron chi connectivity index (χ4n) is 1.69. The number of Topliss-reactive ketones (excluding diaryl/α,β-unsaturated/α-hetero) is 1. The second-order valence-electron chi connectivity index (χ2n) is 4.05. The number of nitrogens with zero attached hydrogens (tertiary/aromatic N) is 1. The predicted molar refractivity (Wildman–Crippen MR) is 80.9 cm³/mol. The number of hydrogen-bond donors (Lipinski definition) is 0. The number of carbonyl (C=O) groups is 1. The van der Waals surface area contributed by atoms with Crippen molar-refractivity contribution in [2.24, 2.45) is 0 Å². The maximum absolute atomic E-state index is 12.4. The molecule has 0 N–H and O–H groups in total. The Morgan fingerprint density at radius 3 is 2.74 bits per heavy atom. The van der Waals surface area contributed by atoms with E-state index in [1.165, 1.54) is 11.3 Å². The number of aryl methyl sites for hydroxylation is 1. The number of halogens is 2. The molecule has 0 saturated heterocycles. The molecule has 0 radical (unpaired) electrons. The van der Waals surface area contributed by atoms with Gasteiger partial charge in [-0.1, -0.05) is 23.7 Å². The summed E-state index contributed by atoms with van der Waals surface area (Å²) in [5, 5.41) is 9.78. The van der Waals surface area contributed by atoms with Crippen molar-refractivity contribution in [3.8, 4) is 6.07 Å². The van der Waals surface area contributed by atoms with E-state index in [0.29, 0.717) is 15.5 Å². The molecular formula is C14H9BrClNOS. The number of ketones is 1. The maximum Gasteiger partial charge on any atom is 0.194 e. The average Bonchev–Trinajstić information content (AvgIpc) is 2.70. The summed E-state index contributed by atoms with van der Waals surface area (Å²) >= 11 is 10.6. The first-order valence-electron chi connectivity index (χ1n) is 5.48. The Kier molecular flexibility index (Phi) is 4.41. The Bertz CT molecular complexity index is 655. The average molecular weight is 355 g/mol. The molecule has 19 heavy (non-hydrogen) atoms. The minimum Gasteiger partial charge on any atom is -0.291 e. The van der Waals surface area contributed by atoms with Crippen LogP contribution < -0.4 is 0 Å². The molecule has 0 saturated carbocycles. The van der Waals surface area contributed by atoms with Crippen molar-refractivity contribution in [1.82, 2.24) is 0 Å². The van der Waals surface area contributed by atoms with Gasteiger partial charge in [0.2, 0.25) is 0 Å². The van der Waals surface area contributed by atoms with Crippen molar-refractivity contribution in [3.63, 3.8) is 0 Å². The zero-order valence-corrected chi connectivity index (χ0v) is 13.1. The molecule has 0 amide bonds. The minimum absolute atomic E-state index is 0.191. The van der Waals surface area contributed by atoms with E-state index in [2.05, 4.69) is 22.0 Å². The molecule has 1 aromatic carbocycles. The molecule has 1 heterocycles. The first-order valence-corrected chi connectivity index (χ1v) is 7.47. The molecule has 5 heteroatoms. The Morgan fingerprint density at radius 2 is 2.21 bits per heavy atom. The van der Waals surface area contributed by atoms with Crippen LogP contribution in [-0.4, -0.2) is 5.78 Å². The zero-order valence-electron chi connectivity index (χ0n) is 9.98. The maximum atomic E-state index is 12.4. The van der Waals surface area contributed by atoms with Crippen molar-refractivity contribution in [2.45, 2.75) is 12.8 Å². The van der Waals surface area contributed by atoms with Crippen molar-refractivity contribution in [1.29, 1.82) is 5.26 Å². The Morgan fingerprint density at radius 1 is 1.47 bits per heavy atom. The third-order valence-electron chi connectivity index (χ3n) is 2.67. The van der Waals surface area contributed by atoms with Crippen LogP contribution in [0.5, 0.6) is 0 Å². The van der Waals surface area contributed by atoms with Gasteiger partial charge in [-0.15, -0.1) is 11.3 Å². The first-order chi connectivity index (χ1) is 9.02. The summed E-state index contributed by atoms with van der Waals surface area (Å²) in [6, 6.07) is 10.7. The third-order valence-corrected chi connectivity index (χ3v) is 5.06. The molecule has 1 aromatic heterocycles. The van der Waals surface area contributed by atoms with Gasteiger partial charge in [-0.3, -0.25) is 4.79 Å². The number of thiophene rings is 1. The van der Waals surface area contributed by atoms with Crippen molar-refractivity contribution in [2.75, 3.05) is 0 Å². The van der Waals surface area contributed by atoms with E-state index in [4.69, 9.17) is 11.6 Å². The van der Waals surface area contributed by atoms with Crippen LogP contribution in [0.15, 0.2) is 34.1 Å². The van der Waals surface area contributed by atoms with E-state index in [-0.39, 0.29) is 5.78 Å². The molecular weight excluding hydrogens is 346 g/mol. The van der Waals surface area contributed by atoms with Crippen LogP contribution in [0.4, 0.5) is 0 Å². The van der Waals surface area contributed by atoms with Crippen molar-refractivity contribution in [3.05, 3.63) is 55.1 Å². The topological polar surface area (TPSA) is 40.9 Å². The summed E-state index contributed by atoms with van der Waals surface area (Å²) in [6.07, 6.45) is 0. The SMILES string of the molecule is Cc1cc(C(=O)C(C#N)c2cccc(Cl)c2)sc1Br. The van der Waals surface area contributed by atoms with E-state index in [9.17, 15) is 10.1 Å².